The minimum atomic E-state index is -1.02. The molecule has 2 unspecified atom stereocenters. The molecule has 0 radical (unpaired) electrons. The van der Waals surface area contributed by atoms with Crippen LogP contribution in [0.1, 0.15) is 20.3 Å². The fourth-order valence-corrected chi connectivity index (χ4v) is 1.02. The Hall–Kier alpha value is -1.63. The van der Waals surface area contributed by atoms with E-state index in [4.69, 9.17) is 11.5 Å². The SMILES string of the molecule is CCNC(=O)C(C)NC(=O)C(N)CC(N)=O. The molecule has 3 amide bonds. The van der Waals surface area contributed by atoms with E-state index in [0.717, 1.165) is 0 Å². The average Bonchev–Trinajstić information content (AvgIpc) is 2.16. The molecule has 0 aliphatic rings. The summed E-state index contributed by atoms with van der Waals surface area (Å²) in [6, 6.07) is -1.71. The number of primary amides is 1. The molecule has 0 fully saturated rings. The predicted octanol–water partition coefficient (Wildman–Crippen LogP) is -2.17. The molecule has 0 aromatic rings. The van der Waals surface area contributed by atoms with E-state index in [-0.39, 0.29) is 12.3 Å². The molecule has 0 aromatic heterocycles. The Morgan fingerprint density at radius 3 is 2.25 bits per heavy atom. The number of hydrogen-bond donors (Lipinski definition) is 4. The van der Waals surface area contributed by atoms with Gasteiger partial charge in [0.2, 0.25) is 17.7 Å². The normalized spacial score (nSPS) is 13.7. The second-order valence-electron chi connectivity index (χ2n) is 3.40. The molecule has 2 atom stereocenters. The highest BCUT2D eigenvalue weighted by Gasteiger charge is 2.20. The van der Waals surface area contributed by atoms with Crippen LogP contribution in [0.3, 0.4) is 0 Å². The quantitative estimate of drug-likeness (QED) is 0.414. The maximum Gasteiger partial charge on any atom is 0.242 e. The summed E-state index contributed by atoms with van der Waals surface area (Å²) in [7, 11) is 0. The lowest BCUT2D eigenvalue weighted by atomic mass is 10.2. The molecule has 0 aliphatic carbocycles. The number of carbonyl (C=O) groups is 3. The Kier molecular flexibility index (Phi) is 6.09. The standard InChI is InChI=1S/C9H18N4O3/c1-3-12-8(15)5(2)13-9(16)6(10)4-7(11)14/h5-6H,3-4,10H2,1-2H3,(H2,11,14)(H,12,15)(H,13,16). The van der Waals surface area contributed by atoms with Gasteiger partial charge in [0.15, 0.2) is 0 Å². The lowest BCUT2D eigenvalue weighted by Gasteiger charge is -2.16. The zero-order chi connectivity index (χ0) is 12.7. The van der Waals surface area contributed by atoms with Crippen LogP contribution in [-0.4, -0.2) is 36.3 Å². The Morgan fingerprint density at radius 2 is 1.81 bits per heavy atom. The van der Waals surface area contributed by atoms with Gasteiger partial charge < -0.3 is 22.1 Å². The molecule has 0 rings (SSSR count). The minimum Gasteiger partial charge on any atom is -0.370 e. The molecule has 0 aromatic carbocycles. The first-order chi connectivity index (χ1) is 7.38. The van der Waals surface area contributed by atoms with Gasteiger partial charge in [-0.1, -0.05) is 0 Å². The monoisotopic (exact) mass is 230 g/mol. The van der Waals surface area contributed by atoms with Gasteiger partial charge in [0, 0.05) is 6.54 Å². The van der Waals surface area contributed by atoms with Crippen LogP contribution in [0.2, 0.25) is 0 Å². The van der Waals surface area contributed by atoms with E-state index in [2.05, 4.69) is 10.6 Å². The van der Waals surface area contributed by atoms with Crippen LogP contribution in [0.5, 0.6) is 0 Å². The zero-order valence-electron chi connectivity index (χ0n) is 9.45. The third kappa shape index (κ3) is 5.30. The molecule has 0 bridgehead atoms. The highest BCUT2D eigenvalue weighted by molar-refractivity contribution is 5.91. The molecule has 0 aliphatic heterocycles. The van der Waals surface area contributed by atoms with Crippen LogP contribution in [0.15, 0.2) is 0 Å². The van der Waals surface area contributed by atoms with E-state index in [1.807, 2.05) is 0 Å². The van der Waals surface area contributed by atoms with Crippen molar-refractivity contribution in [1.29, 1.82) is 0 Å². The van der Waals surface area contributed by atoms with Crippen molar-refractivity contribution in [3.63, 3.8) is 0 Å². The highest BCUT2D eigenvalue weighted by Crippen LogP contribution is 1.90. The number of carbonyl (C=O) groups excluding carboxylic acids is 3. The first-order valence-corrected chi connectivity index (χ1v) is 5.00. The largest absolute Gasteiger partial charge is 0.370 e. The van der Waals surface area contributed by atoms with Crippen molar-refractivity contribution in [2.75, 3.05) is 6.54 Å². The van der Waals surface area contributed by atoms with E-state index in [1.54, 1.807) is 6.92 Å². The van der Waals surface area contributed by atoms with Crippen molar-refractivity contribution in [3.8, 4) is 0 Å². The first kappa shape index (κ1) is 14.4. The molecule has 0 saturated heterocycles. The van der Waals surface area contributed by atoms with Gasteiger partial charge in [0.05, 0.1) is 12.5 Å². The summed E-state index contributed by atoms with van der Waals surface area (Å²) in [5.41, 5.74) is 10.3. The van der Waals surface area contributed by atoms with Gasteiger partial charge in [0.1, 0.15) is 6.04 Å². The highest BCUT2D eigenvalue weighted by atomic mass is 16.2. The predicted molar refractivity (Wildman–Crippen MR) is 58.1 cm³/mol. The fraction of sp³-hybridized carbons (Fsp3) is 0.667. The maximum absolute atomic E-state index is 11.4. The summed E-state index contributed by atoms with van der Waals surface area (Å²) in [4.78, 5) is 33.2. The van der Waals surface area contributed by atoms with E-state index in [9.17, 15) is 14.4 Å². The summed E-state index contributed by atoms with van der Waals surface area (Å²) in [6.07, 6.45) is -0.242. The molecule has 0 saturated carbocycles. The van der Waals surface area contributed by atoms with Gasteiger partial charge in [-0.25, -0.2) is 0 Å². The summed E-state index contributed by atoms with van der Waals surface area (Å²) in [5.74, 6) is -1.53. The van der Waals surface area contributed by atoms with Crippen LogP contribution >= 0.6 is 0 Å². The van der Waals surface area contributed by atoms with Crippen LogP contribution < -0.4 is 22.1 Å². The zero-order valence-corrected chi connectivity index (χ0v) is 9.45. The number of nitrogens with one attached hydrogen (secondary N) is 2. The smallest absolute Gasteiger partial charge is 0.242 e. The Morgan fingerprint density at radius 1 is 1.25 bits per heavy atom. The maximum atomic E-state index is 11.4. The molecule has 7 nitrogen and oxygen atoms in total. The summed E-state index contributed by atoms with van der Waals surface area (Å²) < 4.78 is 0. The number of nitrogens with two attached hydrogens (primary N) is 2. The van der Waals surface area contributed by atoms with Crippen LogP contribution in [0.4, 0.5) is 0 Å². The van der Waals surface area contributed by atoms with E-state index < -0.39 is 23.9 Å². The molecular formula is C9H18N4O3. The Bertz CT molecular complexity index is 280. The molecule has 7 heteroatoms. The van der Waals surface area contributed by atoms with Crippen molar-refractivity contribution in [2.45, 2.75) is 32.4 Å². The molecule has 0 heterocycles. The van der Waals surface area contributed by atoms with Crippen molar-refractivity contribution in [3.05, 3.63) is 0 Å². The van der Waals surface area contributed by atoms with Gasteiger partial charge in [-0.3, -0.25) is 14.4 Å². The van der Waals surface area contributed by atoms with E-state index in [1.165, 1.54) is 6.92 Å². The van der Waals surface area contributed by atoms with Gasteiger partial charge in [-0.2, -0.15) is 0 Å². The van der Waals surface area contributed by atoms with Crippen molar-refractivity contribution in [1.82, 2.24) is 10.6 Å². The van der Waals surface area contributed by atoms with Crippen molar-refractivity contribution < 1.29 is 14.4 Å². The average molecular weight is 230 g/mol. The first-order valence-electron chi connectivity index (χ1n) is 5.00. The van der Waals surface area contributed by atoms with Gasteiger partial charge in [-0.15, -0.1) is 0 Å². The second kappa shape index (κ2) is 6.78. The van der Waals surface area contributed by atoms with Crippen molar-refractivity contribution in [2.24, 2.45) is 11.5 Å². The van der Waals surface area contributed by atoms with E-state index in [0.29, 0.717) is 6.54 Å². The third-order valence-corrected chi connectivity index (χ3v) is 1.86. The minimum absolute atomic E-state index is 0.242. The number of likely N-dealkylation sites (N-methyl/N-ethyl adjacent to an activating group) is 1. The Labute approximate surface area is 93.9 Å². The fourth-order valence-electron chi connectivity index (χ4n) is 1.02. The van der Waals surface area contributed by atoms with Gasteiger partial charge in [-0.05, 0) is 13.8 Å². The lowest BCUT2D eigenvalue weighted by Crippen LogP contribution is -2.51. The number of rotatable bonds is 6. The van der Waals surface area contributed by atoms with Crippen LogP contribution in [0.25, 0.3) is 0 Å². The lowest BCUT2D eigenvalue weighted by molar-refractivity contribution is -0.130. The van der Waals surface area contributed by atoms with Crippen molar-refractivity contribution >= 4 is 17.7 Å². The molecule has 92 valence electrons. The topological polar surface area (TPSA) is 127 Å². The Balaban J connectivity index is 4.12. The van der Waals surface area contributed by atoms with Gasteiger partial charge in [0.25, 0.3) is 0 Å². The number of hydrogen-bond acceptors (Lipinski definition) is 4. The summed E-state index contributed by atoms with van der Waals surface area (Å²) >= 11 is 0. The summed E-state index contributed by atoms with van der Waals surface area (Å²) in [5, 5.41) is 4.93. The second-order valence-corrected chi connectivity index (χ2v) is 3.40. The summed E-state index contributed by atoms with van der Waals surface area (Å²) in [6.45, 7) is 3.78. The van der Waals surface area contributed by atoms with Gasteiger partial charge >= 0.3 is 0 Å². The molecule has 0 spiro atoms. The molecular weight excluding hydrogens is 212 g/mol. The third-order valence-electron chi connectivity index (χ3n) is 1.86. The molecule has 16 heavy (non-hydrogen) atoms. The van der Waals surface area contributed by atoms with Crippen LogP contribution in [0, 0.1) is 0 Å². The van der Waals surface area contributed by atoms with Crippen LogP contribution in [-0.2, 0) is 14.4 Å². The number of amides is 3. The molecule has 6 N–H and O–H groups in total. The van der Waals surface area contributed by atoms with E-state index >= 15 is 0 Å².